The van der Waals surface area contributed by atoms with Gasteiger partial charge in [-0.2, -0.15) is 0 Å². The summed E-state index contributed by atoms with van der Waals surface area (Å²) in [4.78, 5) is 0. The van der Waals surface area contributed by atoms with E-state index in [0.29, 0.717) is 12.1 Å². The van der Waals surface area contributed by atoms with E-state index in [9.17, 15) is 0 Å². The number of nitrogens with one attached hydrogen (secondary N) is 1. The van der Waals surface area contributed by atoms with Crippen LogP contribution >= 0.6 is 0 Å². The molecule has 0 aromatic heterocycles. The van der Waals surface area contributed by atoms with E-state index in [1.807, 2.05) is 5.01 Å². The lowest BCUT2D eigenvalue weighted by Gasteiger charge is -2.25. The number of hydrogen-bond donors (Lipinski definition) is 3. The molecule has 2 saturated heterocycles. The van der Waals surface area contributed by atoms with Crippen LogP contribution in [0.4, 0.5) is 0 Å². The maximum absolute atomic E-state index is 5.86. The Morgan fingerprint density at radius 3 is 2.58 bits per heavy atom. The van der Waals surface area contributed by atoms with Gasteiger partial charge in [0.25, 0.3) is 0 Å². The molecule has 70 valence electrons. The highest BCUT2D eigenvalue weighted by Gasteiger charge is 2.33. The van der Waals surface area contributed by atoms with Gasteiger partial charge in [0.15, 0.2) is 0 Å². The van der Waals surface area contributed by atoms with Gasteiger partial charge in [-0.3, -0.25) is 11.2 Å². The van der Waals surface area contributed by atoms with Crippen molar-refractivity contribution in [3.8, 4) is 0 Å². The van der Waals surface area contributed by atoms with Crippen LogP contribution < -0.4 is 16.9 Å². The van der Waals surface area contributed by atoms with Crippen molar-refractivity contribution in [1.29, 1.82) is 0 Å². The van der Waals surface area contributed by atoms with Gasteiger partial charge >= 0.3 is 0 Å². The van der Waals surface area contributed by atoms with Gasteiger partial charge in [-0.05, 0) is 25.7 Å². The fraction of sp³-hybridized carbons (Fsp3) is 1.00. The SMILES string of the molecule is NC1CCC(C2CCCN2N)N1. The summed E-state index contributed by atoms with van der Waals surface area (Å²) in [7, 11) is 0. The molecule has 4 nitrogen and oxygen atoms in total. The molecule has 2 aliphatic heterocycles. The first-order chi connectivity index (χ1) is 5.77. The molecule has 2 heterocycles. The van der Waals surface area contributed by atoms with Gasteiger partial charge in [-0.25, -0.2) is 5.01 Å². The van der Waals surface area contributed by atoms with Gasteiger partial charge in [0.05, 0.1) is 6.17 Å². The summed E-state index contributed by atoms with van der Waals surface area (Å²) in [5, 5.41) is 5.35. The van der Waals surface area contributed by atoms with Crippen molar-refractivity contribution in [1.82, 2.24) is 10.3 Å². The highest BCUT2D eigenvalue weighted by Crippen LogP contribution is 2.22. The van der Waals surface area contributed by atoms with Crippen LogP contribution in [0.3, 0.4) is 0 Å². The Hall–Kier alpha value is -0.160. The summed E-state index contributed by atoms with van der Waals surface area (Å²) in [5.41, 5.74) is 5.77. The van der Waals surface area contributed by atoms with E-state index < -0.39 is 0 Å². The molecule has 0 aliphatic carbocycles. The van der Waals surface area contributed by atoms with Crippen LogP contribution in [0, 0.1) is 0 Å². The van der Waals surface area contributed by atoms with Crippen LogP contribution in [0.1, 0.15) is 25.7 Å². The highest BCUT2D eigenvalue weighted by molar-refractivity contribution is 4.92. The standard InChI is InChI=1S/C8H18N4/c9-8-4-3-6(11-8)7-2-1-5-12(7)10/h6-8,11H,1-5,9-10H2. The normalized spacial score (nSPS) is 44.0. The van der Waals surface area contributed by atoms with Crippen molar-refractivity contribution >= 4 is 0 Å². The van der Waals surface area contributed by atoms with Crippen LogP contribution in [-0.4, -0.2) is 29.8 Å². The van der Waals surface area contributed by atoms with Crippen LogP contribution in [-0.2, 0) is 0 Å². The lowest BCUT2D eigenvalue weighted by molar-refractivity contribution is 0.217. The number of rotatable bonds is 1. The molecule has 0 saturated carbocycles. The van der Waals surface area contributed by atoms with Crippen molar-refractivity contribution in [2.75, 3.05) is 6.54 Å². The zero-order valence-electron chi connectivity index (χ0n) is 7.37. The molecule has 2 fully saturated rings. The average molecular weight is 170 g/mol. The van der Waals surface area contributed by atoms with E-state index in [0.717, 1.165) is 13.0 Å². The Balaban J connectivity index is 1.91. The number of nitrogens with zero attached hydrogens (tertiary/aromatic N) is 1. The van der Waals surface area contributed by atoms with Gasteiger partial charge in [0.2, 0.25) is 0 Å². The van der Waals surface area contributed by atoms with Gasteiger partial charge in [0, 0.05) is 18.6 Å². The molecule has 0 spiro atoms. The average Bonchev–Trinajstić information content (AvgIpc) is 2.58. The molecule has 4 heteroatoms. The first-order valence-corrected chi connectivity index (χ1v) is 4.80. The maximum Gasteiger partial charge on any atom is 0.0549 e. The van der Waals surface area contributed by atoms with E-state index in [-0.39, 0.29) is 6.17 Å². The second-order valence-corrected chi connectivity index (χ2v) is 3.90. The molecule has 0 bridgehead atoms. The van der Waals surface area contributed by atoms with Crippen molar-refractivity contribution in [2.24, 2.45) is 11.6 Å². The first-order valence-electron chi connectivity index (χ1n) is 4.80. The van der Waals surface area contributed by atoms with Crippen LogP contribution in [0.2, 0.25) is 0 Å². The fourth-order valence-corrected chi connectivity index (χ4v) is 2.35. The molecule has 0 aromatic rings. The molecule has 0 radical (unpaired) electrons. The third-order valence-corrected chi connectivity index (χ3v) is 3.02. The van der Waals surface area contributed by atoms with Gasteiger partial charge < -0.3 is 5.73 Å². The molecule has 0 aromatic carbocycles. The maximum atomic E-state index is 5.86. The van der Waals surface area contributed by atoms with Crippen LogP contribution in [0.15, 0.2) is 0 Å². The zero-order valence-corrected chi connectivity index (χ0v) is 7.37. The molecule has 12 heavy (non-hydrogen) atoms. The molecular formula is C8H18N4. The monoisotopic (exact) mass is 170 g/mol. The molecule has 3 unspecified atom stereocenters. The largest absolute Gasteiger partial charge is 0.316 e. The lowest BCUT2D eigenvalue weighted by atomic mass is 10.1. The minimum absolute atomic E-state index is 0.198. The van der Waals surface area contributed by atoms with Crippen molar-refractivity contribution in [2.45, 2.75) is 43.9 Å². The first kappa shape index (κ1) is 8.44. The van der Waals surface area contributed by atoms with E-state index >= 15 is 0 Å². The number of hydrogen-bond acceptors (Lipinski definition) is 4. The molecule has 2 aliphatic rings. The topological polar surface area (TPSA) is 67.3 Å². The number of hydrazine groups is 1. The Morgan fingerprint density at radius 2 is 2.08 bits per heavy atom. The van der Waals surface area contributed by atoms with Crippen LogP contribution in [0.25, 0.3) is 0 Å². The predicted octanol–water partition coefficient (Wildman–Crippen LogP) is -0.639. The minimum atomic E-state index is 0.198. The van der Waals surface area contributed by atoms with Gasteiger partial charge in [-0.1, -0.05) is 0 Å². The van der Waals surface area contributed by atoms with Gasteiger partial charge in [0.1, 0.15) is 0 Å². The Labute approximate surface area is 73.2 Å². The molecular weight excluding hydrogens is 152 g/mol. The zero-order chi connectivity index (χ0) is 8.55. The Kier molecular flexibility index (Phi) is 2.32. The summed E-state index contributed by atoms with van der Waals surface area (Å²) in [6, 6.07) is 1.06. The summed E-state index contributed by atoms with van der Waals surface area (Å²) in [6.07, 6.45) is 4.92. The summed E-state index contributed by atoms with van der Waals surface area (Å²) < 4.78 is 0. The smallest absolute Gasteiger partial charge is 0.0549 e. The second kappa shape index (κ2) is 3.30. The van der Waals surface area contributed by atoms with Crippen molar-refractivity contribution in [3.63, 3.8) is 0 Å². The molecule has 0 amide bonds. The number of nitrogens with two attached hydrogens (primary N) is 2. The van der Waals surface area contributed by atoms with E-state index in [1.165, 1.54) is 19.3 Å². The predicted molar refractivity (Wildman–Crippen MR) is 48.0 cm³/mol. The van der Waals surface area contributed by atoms with Crippen LogP contribution in [0.5, 0.6) is 0 Å². The van der Waals surface area contributed by atoms with Crippen molar-refractivity contribution < 1.29 is 0 Å². The summed E-state index contributed by atoms with van der Waals surface area (Å²) >= 11 is 0. The van der Waals surface area contributed by atoms with Crippen molar-refractivity contribution in [3.05, 3.63) is 0 Å². The fourth-order valence-electron chi connectivity index (χ4n) is 2.35. The highest BCUT2D eigenvalue weighted by atomic mass is 15.4. The molecule has 3 atom stereocenters. The second-order valence-electron chi connectivity index (χ2n) is 3.90. The molecule has 5 N–H and O–H groups in total. The van der Waals surface area contributed by atoms with E-state index in [2.05, 4.69) is 5.32 Å². The summed E-state index contributed by atoms with van der Waals surface area (Å²) in [5.74, 6) is 5.86. The minimum Gasteiger partial charge on any atom is -0.316 e. The molecule has 2 rings (SSSR count). The third-order valence-electron chi connectivity index (χ3n) is 3.02. The Bertz CT molecular complexity index is 161. The van der Waals surface area contributed by atoms with E-state index in [4.69, 9.17) is 11.6 Å². The summed E-state index contributed by atoms with van der Waals surface area (Å²) in [6.45, 7) is 1.04. The van der Waals surface area contributed by atoms with E-state index in [1.54, 1.807) is 0 Å². The lowest BCUT2D eigenvalue weighted by Crippen LogP contribution is -2.49. The quantitative estimate of drug-likeness (QED) is 0.458. The Morgan fingerprint density at radius 1 is 1.25 bits per heavy atom. The van der Waals surface area contributed by atoms with Gasteiger partial charge in [-0.15, -0.1) is 0 Å². The third kappa shape index (κ3) is 1.47.